The lowest BCUT2D eigenvalue weighted by Crippen LogP contribution is -2.02. The summed E-state index contributed by atoms with van der Waals surface area (Å²) in [7, 11) is 0. The second-order valence-corrected chi connectivity index (χ2v) is 11.9. The summed E-state index contributed by atoms with van der Waals surface area (Å²) >= 11 is 0. The van der Waals surface area contributed by atoms with Gasteiger partial charge in [0.25, 0.3) is 0 Å². The van der Waals surface area contributed by atoms with Crippen LogP contribution in [-0.4, -0.2) is 9.13 Å². The zero-order valence-electron chi connectivity index (χ0n) is 25.8. The van der Waals surface area contributed by atoms with Crippen LogP contribution < -0.4 is 0 Å². The fraction of sp³-hybridized carbons (Fsp3) is 0. The molecule has 0 saturated carbocycles. The van der Waals surface area contributed by atoms with Crippen molar-refractivity contribution in [1.29, 1.82) is 10.5 Å². The van der Waals surface area contributed by atoms with E-state index in [9.17, 15) is 10.5 Å². The minimum Gasteiger partial charge on any atom is -0.309 e. The van der Waals surface area contributed by atoms with Gasteiger partial charge in [0.05, 0.1) is 50.6 Å². The molecule has 9 aromatic rings. The van der Waals surface area contributed by atoms with E-state index >= 15 is 0 Å². The second kappa shape index (κ2) is 10.9. The summed E-state index contributed by atoms with van der Waals surface area (Å²) in [6.07, 6.45) is 0. The zero-order valence-corrected chi connectivity index (χ0v) is 25.8. The van der Waals surface area contributed by atoms with E-state index in [1.54, 1.807) is 0 Å². The fourth-order valence-corrected chi connectivity index (χ4v) is 7.40. The first-order valence-corrected chi connectivity index (χ1v) is 15.9. The van der Waals surface area contributed by atoms with Crippen LogP contribution in [0.1, 0.15) is 11.1 Å². The molecule has 2 heterocycles. The van der Waals surface area contributed by atoms with Crippen LogP contribution in [0.5, 0.6) is 0 Å². The average Bonchev–Trinajstić information content (AvgIpc) is 3.67. The Hall–Kier alpha value is -6.88. The molecule has 0 fully saturated rings. The number of hydrogen-bond donors (Lipinski definition) is 0. The molecule has 48 heavy (non-hydrogen) atoms. The molecule has 4 heteroatoms. The van der Waals surface area contributed by atoms with Crippen molar-refractivity contribution in [3.05, 3.63) is 169 Å². The van der Waals surface area contributed by atoms with E-state index in [2.05, 4.69) is 130 Å². The molecule has 0 atom stereocenters. The van der Waals surface area contributed by atoms with Gasteiger partial charge in [-0.1, -0.05) is 109 Å². The maximum Gasteiger partial charge on any atom is 0.102 e. The van der Waals surface area contributed by atoms with Gasteiger partial charge in [0.15, 0.2) is 0 Å². The Balaban J connectivity index is 1.28. The molecule has 0 aliphatic rings. The molecule has 7 aromatic carbocycles. The summed E-state index contributed by atoms with van der Waals surface area (Å²) < 4.78 is 4.48. The van der Waals surface area contributed by atoms with Crippen molar-refractivity contribution >= 4 is 43.6 Å². The van der Waals surface area contributed by atoms with Crippen LogP contribution in [0.2, 0.25) is 0 Å². The van der Waals surface area contributed by atoms with Gasteiger partial charge in [-0.2, -0.15) is 10.5 Å². The second-order valence-electron chi connectivity index (χ2n) is 11.9. The third-order valence-electron chi connectivity index (χ3n) is 9.42. The van der Waals surface area contributed by atoms with E-state index in [4.69, 9.17) is 0 Å². The Kier molecular flexibility index (Phi) is 6.22. The minimum atomic E-state index is 0.462. The summed E-state index contributed by atoms with van der Waals surface area (Å²) in [5.74, 6) is 0. The molecule has 0 unspecified atom stereocenters. The van der Waals surface area contributed by atoms with Crippen LogP contribution in [-0.2, 0) is 0 Å². The van der Waals surface area contributed by atoms with Gasteiger partial charge in [0.2, 0.25) is 0 Å². The number of fused-ring (bicyclic) bond motifs is 6. The summed E-state index contributed by atoms with van der Waals surface area (Å²) in [5.41, 5.74) is 10.6. The standard InChI is InChI=1S/C44H26N4/c45-27-31-24-25-43(48-41-22-9-4-17-35(41)36-18-5-10-23-42(36)48)37(28-46)44(31)30-13-11-12-29(26-30)32-14-1-6-19-38(32)47-39-20-7-2-15-33(39)34-16-3-8-21-40(34)47/h1-26H. The van der Waals surface area contributed by atoms with Crippen molar-refractivity contribution in [2.45, 2.75) is 0 Å². The van der Waals surface area contributed by atoms with Crippen LogP contribution >= 0.6 is 0 Å². The number of benzene rings is 7. The lowest BCUT2D eigenvalue weighted by molar-refractivity contribution is 1.17. The van der Waals surface area contributed by atoms with E-state index < -0.39 is 0 Å². The molecule has 0 N–H and O–H groups in total. The molecule has 9 rings (SSSR count). The predicted molar refractivity (Wildman–Crippen MR) is 195 cm³/mol. The first-order valence-electron chi connectivity index (χ1n) is 15.9. The van der Waals surface area contributed by atoms with E-state index in [0.29, 0.717) is 16.7 Å². The molecule has 222 valence electrons. The number of aromatic nitrogens is 2. The molecule has 0 spiro atoms. The van der Waals surface area contributed by atoms with Crippen LogP contribution in [0.25, 0.3) is 77.2 Å². The molecule has 4 nitrogen and oxygen atoms in total. The van der Waals surface area contributed by atoms with Crippen LogP contribution in [0.15, 0.2) is 158 Å². The van der Waals surface area contributed by atoms with Gasteiger partial charge in [0.1, 0.15) is 6.07 Å². The SMILES string of the molecule is N#Cc1ccc(-n2c3ccccc3c3ccccc32)c(C#N)c1-c1cccc(-c2ccccc2-n2c3ccccc3c3ccccc32)c1. The van der Waals surface area contributed by atoms with Crippen molar-refractivity contribution < 1.29 is 0 Å². The van der Waals surface area contributed by atoms with Crippen LogP contribution in [0.3, 0.4) is 0 Å². The quantitative estimate of drug-likeness (QED) is 0.199. The fourth-order valence-electron chi connectivity index (χ4n) is 7.40. The van der Waals surface area contributed by atoms with Crippen molar-refractivity contribution in [3.8, 4) is 45.8 Å². The smallest absolute Gasteiger partial charge is 0.102 e. The van der Waals surface area contributed by atoms with Crippen molar-refractivity contribution in [1.82, 2.24) is 9.13 Å². The molecule has 0 bridgehead atoms. The number of nitrogens with zero attached hydrogens (tertiary/aromatic N) is 4. The van der Waals surface area contributed by atoms with Crippen LogP contribution in [0, 0.1) is 22.7 Å². The van der Waals surface area contributed by atoms with Gasteiger partial charge in [-0.25, -0.2) is 0 Å². The Morgan fingerprint density at radius 2 is 0.875 bits per heavy atom. The van der Waals surface area contributed by atoms with Crippen molar-refractivity contribution in [3.63, 3.8) is 0 Å². The summed E-state index contributed by atoms with van der Waals surface area (Å²) in [4.78, 5) is 0. The first-order chi connectivity index (χ1) is 23.8. The zero-order chi connectivity index (χ0) is 32.2. The Labute approximate surface area is 277 Å². The van der Waals surface area contributed by atoms with E-state index in [-0.39, 0.29) is 0 Å². The summed E-state index contributed by atoms with van der Waals surface area (Å²) in [6, 6.07) is 58.8. The van der Waals surface area contributed by atoms with Crippen LogP contribution in [0.4, 0.5) is 0 Å². The van der Waals surface area contributed by atoms with Crippen molar-refractivity contribution in [2.24, 2.45) is 0 Å². The molecule has 0 radical (unpaired) electrons. The number of para-hydroxylation sites is 5. The van der Waals surface area contributed by atoms with Gasteiger partial charge >= 0.3 is 0 Å². The van der Waals surface area contributed by atoms with Gasteiger partial charge in [-0.15, -0.1) is 0 Å². The van der Waals surface area contributed by atoms with Crippen molar-refractivity contribution in [2.75, 3.05) is 0 Å². The number of rotatable bonds is 4. The topological polar surface area (TPSA) is 57.4 Å². The van der Waals surface area contributed by atoms with Gasteiger partial charge in [-0.3, -0.25) is 0 Å². The molecule has 0 aliphatic carbocycles. The molecular weight excluding hydrogens is 585 g/mol. The summed E-state index contributed by atoms with van der Waals surface area (Å²) in [5, 5.41) is 25.8. The molecule has 0 aliphatic heterocycles. The van der Waals surface area contributed by atoms with E-state index in [1.165, 1.54) is 10.8 Å². The Morgan fingerprint density at radius 3 is 1.42 bits per heavy atom. The number of hydrogen-bond acceptors (Lipinski definition) is 2. The molecule has 0 amide bonds. The maximum atomic E-state index is 10.8. The maximum absolute atomic E-state index is 10.8. The Morgan fingerprint density at radius 1 is 0.396 bits per heavy atom. The molecule has 0 saturated heterocycles. The van der Waals surface area contributed by atoms with Gasteiger partial charge in [0, 0.05) is 32.7 Å². The average molecular weight is 611 g/mol. The normalized spacial score (nSPS) is 11.3. The minimum absolute atomic E-state index is 0.462. The van der Waals surface area contributed by atoms with E-state index in [0.717, 1.165) is 60.9 Å². The molecular formula is C44H26N4. The third-order valence-corrected chi connectivity index (χ3v) is 9.42. The largest absolute Gasteiger partial charge is 0.309 e. The molecule has 2 aromatic heterocycles. The first kappa shape index (κ1) is 27.4. The Bertz CT molecular complexity index is 2710. The summed E-state index contributed by atoms with van der Waals surface area (Å²) in [6.45, 7) is 0. The highest BCUT2D eigenvalue weighted by atomic mass is 15.0. The predicted octanol–water partition coefficient (Wildman–Crippen LogP) is 11.0. The lowest BCUT2D eigenvalue weighted by Gasteiger charge is -2.17. The number of nitriles is 2. The third kappa shape index (κ3) is 4.01. The lowest BCUT2D eigenvalue weighted by atomic mass is 9.91. The highest BCUT2D eigenvalue weighted by Crippen LogP contribution is 2.40. The van der Waals surface area contributed by atoms with Gasteiger partial charge in [-0.05, 0) is 59.7 Å². The highest BCUT2D eigenvalue weighted by Gasteiger charge is 2.21. The van der Waals surface area contributed by atoms with Gasteiger partial charge < -0.3 is 9.13 Å². The monoisotopic (exact) mass is 610 g/mol. The highest BCUT2D eigenvalue weighted by molar-refractivity contribution is 6.10. The van der Waals surface area contributed by atoms with E-state index in [1.807, 2.05) is 48.5 Å².